The number of amides is 1. The normalized spacial score (nSPS) is 21.3. The summed E-state index contributed by atoms with van der Waals surface area (Å²) in [7, 11) is 0. The molecule has 0 bridgehead atoms. The van der Waals surface area contributed by atoms with Gasteiger partial charge in [-0.3, -0.25) is 14.0 Å². The highest BCUT2D eigenvalue weighted by Crippen LogP contribution is 2.41. The molecule has 4 aromatic rings. The highest BCUT2D eigenvalue weighted by atomic mass is 16.4. The Balaban J connectivity index is 1.25. The third-order valence-corrected chi connectivity index (χ3v) is 7.54. The highest BCUT2D eigenvalue weighted by molar-refractivity contribution is 6.04. The maximum Gasteiger partial charge on any atom is 0.306 e. The Kier molecular flexibility index (Phi) is 6.24. The molecule has 1 aliphatic heterocycles. The number of aromatic nitrogens is 4. The van der Waals surface area contributed by atoms with Crippen LogP contribution in [-0.4, -0.2) is 60.9 Å². The van der Waals surface area contributed by atoms with Gasteiger partial charge in [0.05, 0.1) is 5.92 Å². The number of carbonyl (C=O) groups excluding carboxylic acids is 1. The van der Waals surface area contributed by atoms with Crippen LogP contribution in [0.2, 0.25) is 0 Å². The fourth-order valence-corrected chi connectivity index (χ4v) is 5.50. The molecule has 3 aromatic heterocycles. The van der Waals surface area contributed by atoms with Crippen molar-refractivity contribution in [2.45, 2.75) is 25.2 Å². The molecular weight excluding hydrogens is 482 g/mol. The van der Waals surface area contributed by atoms with E-state index in [1.54, 1.807) is 36.7 Å². The van der Waals surface area contributed by atoms with Crippen LogP contribution in [0.4, 0.5) is 11.6 Å². The lowest BCUT2D eigenvalue weighted by atomic mass is 9.97. The van der Waals surface area contributed by atoms with Gasteiger partial charge in [-0.05, 0) is 56.0 Å². The standard InChI is InChI=1S/C28H29N7O3/c29-25-24-23(17-6-8-18(9-7-17)27(36)32-22-5-1-2-10-30-22)33-26(35(24)13-11-31-25)19-4-3-12-34(15-19)16-20-14-21(20)28(37)38/h1-2,5-11,13,19-21H,3-4,12,14-16H2,(H2,29,31)(H,37,38)(H,30,32,36). The first-order valence-corrected chi connectivity index (χ1v) is 12.9. The summed E-state index contributed by atoms with van der Waals surface area (Å²) in [5.74, 6) is 1.13. The van der Waals surface area contributed by atoms with Crippen LogP contribution in [0.15, 0.2) is 61.1 Å². The Hall–Kier alpha value is -4.31. The van der Waals surface area contributed by atoms with E-state index in [2.05, 4.69) is 20.2 Å². The number of likely N-dealkylation sites (tertiary alicyclic amines) is 1. The molecule has 1 aromatic carbocycles. The molecule has 2 aliphatic rings. The molecule has 2 fully saturated rings. The van der Waals surface area contributed by atoms with Crippen molar-refractivity contribution in [3.63, 3.8) is 0 Å². The maximum atomic E-state index is 12.7. The summed E-state index contributed by atoms with van der Waals surface area (Å²) in [4.78, 5) is 39.9. The molecule has 3 atom stereocenters. The van der Waals surface area contributed by atoms with Gasteiger partial charge in [0.1, 0.15) is 28.7 Å². The fourth-order valence-electron chi connectivity index (χ4n) is 5.50. The molecule has 4 N–H and O–H groups in total. The van der Waals surface area contributed by atoms with Crippen molar-refractivity contribution < 1.29 is 14.7 Å². The van der Waals surface area contributed by atoms with Gasteiger partial charge in [0.25, 0.3) is 5.91 Å². The number of carboxylic acids is 1. The minimum absolute atomic E-state index is 0.192. The zero-order chi connectivity index (χ0) is 26.2. The van der Waals surface area contributed by atoms with Gasteiger partial charge >= 0.3 is 5.97 Å². The minimum Gasteiger partial charge on any atom is -0.481 e. The SMILES string of the molecule is Nc1nccn2c(C3CCCN(CC4CC4C(=O)O)C3)nc(-c3ccc(C(=O)Nc4ccccn4)cc3)c12. The van der Waals surface area contributed by atoms with Gasteiger partial charge in [-0.1, -0.05) is 18.2 Å². The van der Waals surface area contributed by atoms with Crippen LogP contribution < -0.4 is 11.1 Å². The van der Waals surface area contributed by atoms with Crippen LogP contribution >= 0.6 is 0 Å². The molecule has 3 unspecified atom stereocenters. The van der Waals surface area contributed by atoms with Gasteiger partial charge in [-0.15, -0.1) is 0 Å². The van der Waals surface area contributed by atoms with Crippen molar-refractivity contribution in [3.05, 3.63) is 72.4 Å². The zero-order valence-corrected chi connectivity index (χ0v) is 20.8. The smallest absolute Gasteiger partial charge is 0.306 e. The summed E-state index contributed by atoms with van der Waals surface area (Å²) < 4.78 is 2.03. The number of nitrogen functional groups attached to an aromatic ring is 1. The molecule has 10 heteroatoms. The Labute approximate surface area is 219 Å². The number of hydrogen-bond donors (Lipinski definition) is 3. The van der Waals surface area contributed by atoms with Gasteiger partial charge < -0.3 is 21.1 Å². The summed E-state index contributed by atoms with van der Waals surface area (Å²) in [6, 6.07) is 12.6. The molecule has 6 rings (SSSR count). The van der Waals surface area contributed by atoms with Gasteiger partial charge in [-0.2, -0.15) is 0 Å². The van der Waals surface area contributed by atoms with Crippen LogP contribution in [0.25, 0.3) is 16.8 Å². The summed E-state index contributed by atoms with van der Waals surface area (Å²) in [6.07, 6.45) is 8.00. The maximum absolute atomic E-state index is 12.7. The monoisotopic (exact) mass is 511 g/mol. The van der Waals surface area contributed by atoms with Crippen molar-refractivity contribution in [3.8, 4) is 11.3 Å². The number of hydrogen-bond acceptors (Lipinski definition) is 7. The molecule has 1 saturated carbocycles. The van der Waals surface area contributed by atoms with Crippen molar-refractivity contribution in [1.82, 2.24) is 24.3 Å². The lowest BCUT2D eigenvalue weighted by Crippen LogP contribution is -2.36. The van der Waals surface area contributed by atoms with Crippen molar-refractivity contribution in [2.75, 3.05) is 30.7 Å². The predicted octanol–water partition coefficient (Wildman–Crippen LogP) is 3.53. The number of rotatable bonds is 7. The van der Waals surface area contributed by atoms with Gasteiger partial charge in [0, 0.05) is 48.7 Å². The average Bonchev–Trinajstić information content (AvgIpc) is 3.59. The van der Waals surface area contributed by atoms with Crippen molar-refractivity contribution in [1.29, 1.82) is 0 Å². The predicted molar refractivity (Wildman–Crippen MR) is 143 cm³/mol. The molecule has 38 heavy (non-hydrogen) atoms. The molecular formula is C28H29N7O3. The molecule has 1 amide bonds. The molecule has 0 radical (unpaired) electrons. The number of nitrogens with zero attached hydrogens (tertiary/aromatic N) is 5. The van der Waals surface area contributed by atoms with E-state index in [0.29, 0.717) is 17.2 Å². The van der Waals surface area contributed by atoms with Crippen molar-refractivity contribution in [2.24, 2.45) is 11.8 Å². The number of carbonyl (C=O) groups is 2. The molecule has 194 valence electrons. The third-order valence-electron chi connectivity index (χ3n) is 7.54. The Bertz CT molecular complexity index is 1490. The highest BCUT2D eigenvalue weighted by Gasteiger charge is 2.44. The second kappa shape index (κ2) is 9.86. The minimum atomic E-state index is -0.685. The van der Waals surface area contributed by atoms with E-state index in [9.17, 15) is 14.7 Å². The number of fused-ring (bicyclic) bond motifs is 1. The number of pyridine rings is 1. The third kappa shape index (κ3) is 4.70. The van der Waals surface area contributed by atoms with Crippen LogP contribution in [0.3, 0.4) is 0 Å². The van der Waals surface area contributed by atoms with E-state index in [4.69, 9.17) is 10.7 Å². The van der Waals surface area contributed by atoms with E-state index in [0.717, 1.165) is 61.5 Å². The van der Waals surface area contributed by atoms with Gasteiger partial charge in [0.15, 0.2) is 0 Å². The molecule has 4 heterocycles. The van der Waals surface area contributed by atoms with E-state index in [1.807, 2.05) is 28.8 Å². The Morgan fingerprint density at radius 1 is 1.11 bits per heavy atom. The van der Waals surface area contributed by atoms with E-state index < -0.39 is 5.97 Å². The number of benzene rings is 1. The number of carboxylic acid groups (broad SMARTS) is 1. The van der Waals surface area contributed by atoms with E-state index >= 15 is 0 Å². The first kappa shape index (κ1) is 24.1. The molecule has 10 nitrogen and oxygen atoms in total. The summed E-state index contributed by atoms with van der Waals surface area (Å²) in [5.41, 5.74) is 9.17. The van der Waals surface area contributed by atoms with E-state index in [1.165, 1.54) is 0 Å². The first-order valence-electron chi connectivity index (χ1n) is 12.9. The number of anilines is 2. The van der Waals surface area contributed by atoms with Crippen LogP contribution in [-0.2, 0) is 4.79 Å². The quantitative estimate of drug-likeness (QED) is 0.343. The van der Waals surface area contributed by atoms with E-state index in [-0.39, 0.29) is 23.7 Å². The molecule has 1 saturated heterocycles. The summed E-state index contributed by atoms with van der Waals surface area (Å²) >= 11 is 0. The number of aliphatic carboxylic acids is 1. The fraction of sp³-hybridized carbons (Fsp3) is 0.321. The lowest BCUT2D eigenvalue weighted by molar-refractivity contribution is -0.138. The number of imidazole rings is 1. The van der Waals surface area contributed by atoms with Gasteiger partial charge in [0.2, 0.25) is 0 Å². The number of piperidine rings is 1. The number of nitrogens with two attached hydrogens (primary N) is 1. The first-order chi connectivity index (χ1) is 18.5. The molecule has 0 spiro atoms. The van der Waals surface area contributed by atoms with Gasteiger partial charge in [-0.25, -0.2) is 15.0 Å². The lowest BCUT2D eigenvalue weighted by Gasteiger charge is -2.32. The largest absolute Gasteiger partial charge is 0.481 e. The number of nitrogens with one attached hydrogen (secondary N) is 1. The topological polar surface area (TPSA) is 139 Å². The zero-order valence-electron chi connectivity index (χ0n) is 20.8. The Morgan fingerprint density at radius 3 is 2.68 bits per heavy atom. The van der Waals surface area contributed by atoms with Crippen molar-refractivity contribution >= 4 is 29.0 Å². The average molecular weight is 512 g/mol. The van der Waals surface area contributed by atoms with Crippen LogP contribution in [0, 0.1) is 11.8 Å². The van der Waals surface area contributed by atoms with Crippen LogP contribution in [0.5, 0.6) is 0 Å². The molecule has 1 aliphatic carbocycles. The Morgan fingerprint density at radius 2 is 1.95 bits per heavy atom. The summed E-state index contributed by atoms with van der Waals surface area (Å²) in [5, 5.41) is 12.1. The summed E-state index contributed by atoms with van der Waals surface area (Å²) in [6.45, 7) is 2.62. The second-order valence-corrected chi connectivity index (χ2v) is 10.1. The van der Waals surface area contributed by atoms with Crippen LogP contribution in [0.1, 0.15) is 41.4 Å². The second-order valence-electron chi connectivity index (χ2n) is 10.1.